The van der Waals surface area contributed by atoms with Gasteiger partial charge in [0, 0.05) is 25.8 Å². The summed E-state index contributed by atoms with van der Waals surface area (Å²) < 4.78 is 5.09. The zero-order valence-corrected chi connectivity index (χ0v) is 14.5. The molecule has 0 aromatic heterocycles. The van der Waals surface area contributed by atoms with Gasteiger partial charge in [0.05, 0.1) is 26.7 Å². The van der Waals surface area contributed by atoms with E-state index in [1.807, 2.05) is 0 Å². The van der Waals surface area contributed by atoms with Crippen LogP contribution in [0.1, 0.15) is 0 Å². The van der Waals surface area contributed by atoms with E-state index in [1.165, 1.54) is 4.90 Å². The van der Waals surface area contributed by atoms with E-state index in [-0.39, 0.29) is 37.4 Å². The number of hydrogen-bond donors (Lipinski definition) is 2. The molecule has 0 heterocycles. The van der Waals surface area contributed by atoms with Crippen LogP contribution < -0.4 is 15.4 Å². The second-order valence-electron chi connectivity index (χ2n) is 5.52. The molecule has 8 heteroatoms. The molecule has 1 rings (SSSR count). The van der Waals surface area contributed by atoms with Crippen molar-refractivity contribution in [3.8, 4) is 5.75 Å². The maximum absolute atomic E-state index is 12.0. The monoisotopic (exact) mass is 336 g/mol. The van der Waals surface area contributed by atoms with Crippen LogP contribution in [-0.4, -0.2) is 75.4 Å². The number of rotatable bonds is 8. The van der Waals surface area contributed by atoms with Crippen LogP contribution in [0.4, 0.5) is 5.69 Å². The van der Waals surface area contributed by atoms with Crippen LogP contribution in [0.5, 0.6) is 5.75 Å². The summed E-state index contributed by atoms with van der Waals surface area (Å²) in [5, 5.41) is 5.25. The highest BCUT2D eigenvalue weighted by atomic mass is 16.5. The Morgan fingerprint density at radius 3 is 2.38 bits per heavy atom. The lowest BCUT2D eigenvalue weighted by atomic mass is 10.3. The molecule has 0 saturated carbocycles. The van der Waals surface area contributed by atoms with Gasteiger partial charge in [0.25, 0.3) is 0 Å². The third-order valence-corrected chi connectivity index (χ3v) is 3.12. The van der Waals surface area contributed by atoms with Crippen LogP contribution >= 0.6 is 0 Å². The average Bonchev–Trinajstić information content (AvgIpc) is 2.52. The molecule has 0 saturated heterocycles. The van der Waals surface area contributed by atoms with Gasteiger partial charge >= 0.3 is 0 Å². The molecule has 3 amide bonds. The van der Waals surface area contributed by atoms with Crippen molar-refractivity contribution < 1.29 is 19.1 Å². The zero-order chi connectivity index (χ0) is 18.1. The number of benzene rings is 1. The molecule has 24 heavy (non-hydrogen) atoms. The van der Waals surface area contributed by atoms with Gasteiger partial charge in [-0.1, -0.05) is 6.07 Å². The van der Waals surface area contributed by atoms with E-state index < -0.39 is 0 Å². The molecule has 0 bridgehead atoms. The number of likely N-dealkylation sites (N-methyl/N-ethyl adjacent to an activating group) is 2. The Morgan fingerprint density at radius 1 is 1.08 bits per heavy atom. The Bertz CT molecular complexity index is 589. The van der Waals surface area contributed by atoms with Crippen LogP contribution in [0, 0.1) is 0 Å². The van der Waals surface area contributed by atoms with Crippen LogP contribution in [0.25, 0.3) is 0 Å². The van der Waals surface area contributed by atoms with Crippen molar-refractivity contribution in [2.45, 2.75) is 0 Å². The Balaban J connectivity index is 2.38. The number of anilines is 1. The zero-order valence-electron chi connectivity index (χ0n) is 14.5. The summed E-state index contributed by atoms with van der Waals surface area (Å²) in [6.45, 7) is 0.00811. The van der Waals surface area contributed by atoms with E-state index in [2.05, 4.69) is 10.6 Å². The number of nitrogens with one attached hydrogen (secondary N) is 2. The van der Waals surface area contributed by atoms with Crippen LogP contribution in [0.15, 0.2) is 24.3 Å². The van der Waals surface area contributed by atoms with Crippen molar-refractivity contribution in [1.29, 1.82) is 0 Å². The molecular formula is C16H24N4O4. The fourth-order valence-corrected chi connectivity index (χ4v) is 1.84. The second-order valence-corrected chi connectivity index (χ2v) is 5.52. The Morgan fingerprint density at radius 2 is 1.75 bits per heavy atom. The van der Waals surface area contributed by atoms with Gasteiger partial charge < -0.3 is 20.3 Å². The minimum absolute atomic E-state index is 0.0201. The molecule has 1 aromatic rings. The van der Waals surface area contributed by atoms with Gasteiger partial charge in [-0.2, -0.15) is 0 Å². The highest BCUT2D eigenvalue weighted by molar-refractivity contribution is 5.93. The van der Waals surface area contributed by atoms with E-state index in [4.69, 9.17) is 4.74 Å². The lowest BCUT2D eigenvalue weighted by Gasteiger charge is -2.17. The Kier molecular flexibility index (Phi) is 7.70. The second kappa shape index (κ2) is 9.51. The molecule has 0 radical (unpaired) electrons. The van der Waals surface area contributed by atoms with Crippen molar-refractivity contribution in [2.24, 2.45) is 0 Å². The molecule has 132 valence electrons. The summed E-state index contributed by atoms with van der Waals surface area (Å²) >= 11 is 0. The van der Waals surface area contributed by atoms with E-state index in [0.717, 1.165) is 0 Å². The summed E-state index contributed by atoms with van der Waals surface area (Å²) in [6, 6.07) is 7.01. The highest BCUT2D eigenvalue weighted by Crippen LogP contribution is 2.16. The van der Waals surface area contributed by atoms with Crippen LogP contribution in [-0.2, 0) is 14.4 Å². The predicted octanol–water partition coefficient (Wildman–Crippen LogP) is -0.230. The minimum Gasteiger partial charge on any atom is -0.497 e. The predicted molar refractivity (Wildman–Crippen MR) is 90.8 cm³/mol. The summed E-state index contributed by atoms with van der Waals surface area (Å²) in [5.74, 6) is -0.113. The standard InChI is InChI=1S/C16H24N4O4/c1-19(2)16(23)9-17-14(21)10-20(3)11-15(22)18-12-6-5-7-13(8-12)24-4/h5-8H,9-11H2,1-4H3,(H,17,21)(H,18,22). The van der Waals surface area contributed by atoms with Crippen LogP contribution in [0.3, 0.4) is 0 Å². The van der Waals surface area contributed by atoms with Gasteiger partial charge in [-0.25, -0.2) is 0 Å². The fraction of sp³-hybridized carbons (Fsp3) is 0.438. The van der Waals surface area contributed by atoms with E-state index in [1.54, 1.807) is 57.4 Å². The van der Waals surface area contributed by atoms with Crippen molar-refractivity contribution in [3.05, 3.63) is 24.3 Å². The molecule has 1 aromatic carbocycles. The number of amides is 3. The molecule has 0 aliphatic rings. The van der Waals surface area contributed by atoms with Crippen LogP contribution in [0.2, 0.25) is 0 Å². The topological polar surface area (TPSA) is 91.0 Å². The molecule has 0 spiro atoms. The Hall–Kier alpha value is -2.61. The summed E-state index contributed by atoms with van der Waals surface area (Å²) in [4.78, 5) is 38.0. The highest BCUT2D eigenvalue weighted by Gasteiger charge is 2.12. The number of hydrogen-bond acceptors (Lipinski definition) is 5. The van der Waals surface area contributed by atoms with Gasteiger partial charge in [-0.3, -0.25) is 19.3 Å². The molecule has 0 atom stereocenters. The summed E-state index contributed by atoms with van der Waals surface area (Å²) in [7, 11) is 6.43. The summed E-state index contributed by atoms with van der Waals surface area (Å²) in [5.41, 5.74) is 0.619. The largest absolute Gasteiger partial charge is 0.497 e. The number of carbonyl (C=O) groups excluding carboxylic acids is 3. The molecule has 0 unspecified atom stereocenters. The van der Waals surface area contributed by atoms with E-state index >= 15 is 0 Å². The SMILES string of the molecule is COc1cccc(NC(=O)CN(C)CC(=O)NCC(=O)N(C)C)c1. The van der Waals surface area contributed by atoms with Gasteiger partial charge in [-0.05, 0) is 19.2 Å². The average molecular weight is 336 g/mol. The first kappa shape index (κ1) is 19.4. The number of methoxy groups -OCH3 is 1. The third kappa shape index (κ3) is 7.10. The van der Waals surface area contributed by atoms with Gasteiger partial charge in [-0.15, -0.1) is 0 Å². The normalized spacial score (nSPS) is 10.2. The minimum atomic E-state index is -0.318. The first-order valence-corrected chi connectivity index (χ1v) is 7.41. The molecular weight excluding hydrogens is 312 g/mol. The number of carbonyl (C=O) groups is 3. The molecule has 0 aliphatic heterocycles. The van der Waals surface area contributed by atoms with Crippen molar-refractivity contribution >= 4 is 23.4 Å². The first-order chi connectivity index (χ1) is 11.3. The lowest BCUT2D eigenvalue weighted by Crippen LogP contribution is -2.42. The molecule has 2 N–H and O–H groups in total. The maximum atomic E-state index is 12.0. The lowest BCUT2D eigenvalue weighted by molar-refractivity contribution is -0.131. The van der Waals surface area contributed by atoms with Gasteiger partial charge in [0.1, 0.15) is 5.75 Å². The quantitative estimate of drug-likeness (QED) is 0.684. The molecule has 8 nitrogen and oxygen atoms in total. The maximum Gasteiger partial charge on any atom is 0.241 e. The third-order valence-electron chi connectivity index (χ3n) is 3.12. The van der Waals surface area contributed by atoms with E-state index in [0.29, 0.717) is 11.4 Å². The van der Waals surface area contributed by atoms with Crippen molar-refractivity contribution in [1.82, 2.24) is 15.1 Å². The van der Waals surface area contributed by atoms with Crippen molar-refractivity contribution in [3.63, 3.8) is 0 Å². The van der Waals surface area contributed by atoms with E-state index in [9.17, 15) is 14.4 Å². The number of ether oxygens (including phenoxy) is 1. The smallest absolute Gasteiger partial charge is 0.241 e. The van der Waals surface area contributed by atoms with Crippen molar-refractivity contribution in [2.75, 3.05) is 53.2 Å². The number of nitrogens with zero attached hydrogens (tertiary/aromatic N) is 2. The Labute approximate surface area is 141 Å². The summed E-state index contributed by atoms with van der Waals surface area (Å²) in [6.07, 6.45) is 0. The fourth-order valence-electron chi connectivity index (χ4n) is 1.84. The molecule has 0 fully saturated rings. The first-order valence-electron chi connectivity index (χ1n) is 7.41. The molecule has 0 aliphatic carbocycles. The van der Waals surface area contributed by atoms with Gasteiger partial charge in [0.15, 0.2) is 0 Å². The van der Waals surface area contributed by atoms with Gasteiger partial charge in [0.2, 0.25) is 17.7 Å².